The summed E-state index contributed by atoms with van der Waals surface area (Å²) in [6.07, 6.45) is 1.02. The van der Waals surface area contributed by atoms with Crippen molar-refractivity contribution in [2.24, 2.45) is 17.6 Å². The molecular weight excluding hydrogens is 114 g/mol. The van der Waals surface area contributed by atoms with Crippen LogP contribution in [-0.4, -0.2) is 5.91 Å². The topological polar surface area (TPSA) is 43.1 Å². The maximum atomic E-state index is 10.5. The van der Waals surface area contributed by atoms with Gasteiger partial charge in [0.25, 0.3) is 0 Å². The fourth-order valence-corrected chi connectivity index (χ4v) is 0.634. The van der Waals surface area contributed by atoms with Crippen molar-refractivity contribution in [3.05, 3.63) is 0 Å². The van der Waals surface area contributed by atoms with Crippen LogP contribution in [0.2, 0.25) is 0 Å². The second kappa shape index (κ2) is 3.49. The van der Waals surface area contributed by atoms with E-state index in [0.717, 1.165) is 6.42 Å². The molecule has 0 spiro atoms. The highest BCUT2D eigenvalue weighted by atomic mass is 16.1. The standard InChI is InChI=1S/C7H15NO/c1-4-5(2)6(3)7(8)9/h5-6H,4H2,1-3H3,(H2,8,9)/t5-,6+/m0/s1. The number of amides is 1. The molecule has 9 heavy (non-hydrogen) atoms. The fraction of sp³-hybridized carbons (Fsp3) is 0.857. The molecule has 2 atom stereocenters. The number of hydrogen-bond acceptors (Lipinski definition) is 1. The molecule has 54 valence electrons. The van der Waals surface area contributed by atoms with Crippen molar-refractivity contribution >= 4 is 5.91 Å². The van der Waals surface area contributed by atoms with Gasteiger partial charge in [-0.1, -0.05) is 27.2 Å². The first kappa shape index (κ1) is 8.47. The van der Waals surface area contributed by atoms with Gasteiger partial charge in [-0.05, 0) is 5.92 Å². The first-order valence-electron chi connectivity index (χ1n) is 3.38. The van der Waals surface area contributed by atoms with Gasteiger partial charge in [-0.25, -0.2) is 0 Å². The molecule has 0 radical (unpaired) electrons. The molecule has 0 heterocycles. The molecule has 0 rings (SSSR count). The van der Waals surface area contributed by atoms with Gasteiger partial charge in [-0.2, -0.15) is 0 Å². The Balaban J connectivity index is 3.72. The molecule has 0 unspecified atom stereocenters. The number of hydrogen-bond donors (Lipinski definition) is 1. The average molecular weight is 129 g/mol. The molecule has 0 aromatic heterocycles. The fourth-order valence-electron chi connectivity index (χ4n) is 0.634. The van der Waals surface area contributed by atoms with Crippen LogP contribution in [0.4, 0.5) is 0 Å². The Labute approximate surface area is 56.4 Å². The van der Waals surface area contributed by atoms with Gasteiger partial charge in [-0.3, -0.25) is 4.79 Å². The van der Waals surface area contributed by atoms with E-state index in [1.165, 1.54) is 0 Å². The maximum absolute atomic E-state index is 10.5. The first-order valence-corrected chi connectivity index (χ1v) is 3.38. The zero-order chi connectivity index (χ0) is 7.44. The SMILES string of the molecule is CC[C@H](C)[C@@H](C)C(N)=O. The molecule has 0 aliphatic rings. The lowest BCUT2D eigenvalue weighted by Gasteiger charge is -2.13. The van der Waals surface area contributed by atoms with Crippen LogP contribution >= 0.6 is 0 Å². The average Bonchev–Trinajstić information content (AvgIpc) is 1.84. The molecule has 0 aromatic carbocycles. The summed E-state index contributed by atoms with van der Waals surface area (Å²) in [7, 11) is 0. The quantitative estimate of drug-likeness (QED) is 0.610. The van der Waals surface area contributed by atoms with Crippen molar-refractivity contribution < 1.29 is 4.79 Å². The first-order chi connectivity index (χ1) is 4.09. The summed E-state index contributed by atoms with van der Waals surface area (Å²) < 4.78 is 0. The van der Waals surface area contributed by atoms with E-state index in [2.05, 4.69) is 6.92 Å². The molecule has 0 bridgehead atoms. The monoisotopic (exact) mass is 129 g/mol. The molecule has 2 nitrogen and oxygen atoms in total. The summed E-state index contributed by atoms with van der Waals surface area (Å²) in [6.45, 7) is 5.97. The molecule has 0 aliphatic heterocycles. The molecule has 0 saturated heterocycles. The van der Waals surface area contributed by atoms with Gasteiger partial charge in [0, 0.05) is 5.92 Å². The predicted octanol–water partition coefficient (Wildman–Crippen LogP) is 1.15. The molecule has 0 aliphatic carbocycles. The van der Waals surface area contributed by atoms with E-state index in [1.807, 2.05) is 13.8 Å². The number of nitrogens with two attached hydrogens (primary N) is 1. The summed E-state index contributed by atoms with van der Waals surface area (Å²) in [5.74, 6) is 0.252. The smallest absolute Gasteiger partial charge is 0.220 e. The van der Waals surface area contributed by atoms with Gasteiger partial charge in [0.1, 0.15) is 0 Å². The van der Waals surface area contributed by atoms with E-state index in [9.17, 15) is 4.79 Å². The van der Waals surface area contributed by atoms with Gasteiger partial charge in [0.15, 0.2) is 0 Å². The minimum absolute atomic E-state index is 0.0231. The minimum atomic E-state index is -0.190. The van der Waals surface area contributed by atoms with Crippen LogP contribution in [0.3, 0.4) is 0 Å². The van der Waals surface area contributed by atoms with Gasteiger partial charge in [0.05, 0.1) is 0 Å². The van der Waals surface area contributed by atoms with Crippen LogP contribution in [0.25, 0.3) is 0 Å². The number of primary amides is 1. The van der Waals surface area contributed by atoms with Crippen LogP contribution in [0, 0.1) is 11.8 Å². The van der Waals surface area contributed by atoms with Crippen LogP contribution < -0.4 is 5.73 Å². The molecule has 2 heteroatoms. The lowest BCUT2D eigenvalue weighted by molar-refractivity contribution is -0.122. The summed E-state index contributed by atoms with van der Waals surface area (Å²) >= 11 is 0. The highest BCUT2D eigenvalue weighted by Gasteiger charge is 2.14. The number of carbonyl (C=O) groups excluding carboxylic acids is 1. The van der Waals surface area contributed by atoms with Crippen molar-refractivity contribution in [2.45, 2.75) is 27.2 Å². The third kappa shape index (κ3) is 2.49. The van der Waals surface area contributed by atoms with Crippen LogP contribution in [0.5, 0.6) is 0 Å². The molecule has 0 aromatic rings. The van der Waals surface area contributed by atoms with E-state index in [1.54, 1.807) is 0 Å². The Kier molecular flexibility index (Phi) is 3.28. The normalized spacial score (nSPS) is 16.8. The minimum Gasteiger partial charge on any atom is -0.369 e. The van der Waals surface area contributed by atoms with Crippen molar-refractivity contribution in [1.29, 1.82) is 0 Å². The second-order valence-corrected chi connectivity index (χ2v) is 2.58. The summed E-state index contributed by atoms with van der Waals surface area (Å²) in [6, 6.07) is 0. The Bertz CT molecular complexity index is 101. The largest absolute Gasteiger partial charge is 0.369 e. The van der Waals surface area contributed by atoms with Gasteiger partial charge < -0.3 is 5.73 Å². The molecule has 0 saturated carbocycles. The highest BCUT2D eigenvalue weighted by Crippen LogP contribution is 2.12. The summed E-state index contributed by atoms with van der Waals surface area (Å²) in [5, 5.41) is 0. The third-order valence-electron chi connectivity index (χ3n) is 1.95. The zero-order valence-corrected chi connectivity index (χ0v) is 6.35. The van der Waals surface area contributed by atoms with E-state index in [0.29, 0.717) is 5.92 Å². The Morgan fingerprint density at radius 3 is 2.11 bits per heavy atom. The highest BCUT2D eigenvalue weighted by molar-refractivity contribution is 5.76. The van der Waals surface area contributed by atoms with Gasteiger partial charge in [0.2, 0.25) is 5.91 Å². The Morgan fingerprint density at radius 2 is 2.00 bits per heavy atom. The second-order valence-electron chi connectivity index (χ2n) is 2.58. The van der Waals surface area contributed by atoms with E-state index >= 15 is 0 Å². The van der Waals surface area contributed by atoms with Crippen LogP contribution in [0.15, 0.2) is 0 Å². The van der Waals surface area contributed by atoms with Crippen molar-refractivity contribution in [1.82, 2.24) is 0 Å². The van der Waals surface area contributed by atoms with Crippen LogP contribution in [0.1, 0.15) is 27.2 Å². The number of rotatable bonds is 3. The summed E-state index contributed by atoms with van der Waals surface area (Å²) in [4.78, 5) is 10.5. The van der Waals surface area contributed by atoms with E-state index in [-0.39, 0.29) is 11.8 Å². The van der Waals surface area contributed by atoms with Crippen molar-refractivity contribution in [3.8, 4) is 0 Å². The molecule has 2 N–H and O–H groups in total. The lowest BCUT2D eigenvalue weighted by atomic mass is 9.93. The van der Waals surface area contributed by atoms with Gasteiger partial charge in [-0.15, -0.1) is 0 Å². The lowest BCUT2D eigenvalue weighted by Crippen LogP contribution is -2.25. The molecular formula is C7H15NO. The van der Waals surface area contributed by atoms with E-state index < -0.39 is 0 Å². The number of carbonyl (C=O) groups is 1. The Hall–Kier alpha value is -0.530. The predicted molar refractivity (Wildman–Crippen MR) is 37.8 cm³/mol. The molecule has 0 fully saturated rings. The van der Waals surface area contributed by atoms with Gasteiger partial charge >= 0.3 is 0 Å². The molecule has 1 amide bonds. The van der Waals surface area contributed by atoms with Crippen molar-refractivity contribution in [2.75, 3.05) is 0 Å². The van der Waals surface area contributed by atoms with E-state index in [4.69, 9.17) is 5.73 Å². The maximum Gasteiger partial charge on any atom is 0.220 e. The van der Waals surface area contributed by atoms with Crippen molar-refractivity contribution in [3.63, 3.8) is 0 Å². The zero-order valence-electron chi connectivity index (χ0n) is 6.35. The van der Waals surface area contributed by atoms with Crippen LogP contribution in [-0.2, 0) is 4.79 Å². The Morgan fingerprint density at radius 1 is 1.56 bits per heavy atom. The summed E-state index contributed by atoms with van der Waals surface area (Å²) in [5.41, 5.74) is 5.07. The third-order valence-corrected chi connectivity index (χ3v) is 1.95.